The number of benzene rings is 1. The number of primary amides is 1. The maximum atomic E-state index is 12.5. The molecular formula is C21H21N3O3. The summed E-state index contributed by atoms with van der Waals surface area (Å²) in [5.74, 6) is -0.341. The molecule has 1 aromatic carbocycles. The molecule has 0 bridgehead atoms. The van der Waals surface area contributed by atoms with Crippen LogP contribution in [0.4, 0.5) is 4.79 Å². The molecule has 2 N–H and O–H groups in total. The maximum absolute atomic E-state index is 12.5. The summed E-state index contributed by atoms with van der Waals surface area (Å²) in [5.41, 5.74) is 11.4. The second kappa shape index (κ2) is 6.54. The molecule has 138 valence electrons. The van der Waals surface area contributed by atoms with Gasteiger partial charge in [-0.25, -0.2) is 14.6 Å². The number of carbonyl (C=O) groups is 2. The number of hydrogen-bond acceptors (Lipinski definition) is 4. The Morgan fingerprint density at radius 3 is 2.63 bits per heavy atom. The van der Waals surface area contributed by atoms with Crippen molar-refractivity contribution in [2.24, 2.45) is 5.73 Å². The third-order valence-electron chi connectivity index (χ3n) is 5.48. The molecule has 1 amide bonds. The van der Waals surface area contributed by atoms with E-state index in [-0.39, 0.29) is 0 Å². The Hall–Kier alpha value is -3.15. The van der Waals surface area contributed by atoms with Gasteiger partial charge in [0.2, 0.25) is 0 Å². The fourth-order valence-corrected chi connectivity index (χ4v) is 4.00. The number of hydrogen-bond donors (Lipinski definition) is 1. The molecule has 6 nitrogen and oxygen atoms in total. The van der Waals surface area contributed by atoms with Crippen LogP contribution >= 0.6 is 0 Å². The van der Waals surface area contributed by atoms with Crippen molar-refractivity contribution in [3.8, 4) is 0 Å². The highest BCUT2D eigenvalue weighted by Gasteiger charge is 2.29. The minimum Gasteiger partial charge on any atom is -0.373 e. The number of amides is 1. The van der Waals surface area contributed by atoms with Crippen LogP contribution in [-0.4, -0.2) is 21.4 Å². The monoisotopic (exact) mass is 363 g/mol. The Labute approximate surface area is 157 Å². The maximum Gasteiger partial charge on any atom is 0.412 e. The van der Waals surface area contributed by atoms with Crippen molar-refractivity contribution in [3.63, 3.8) is 0 Å². The van der Waals surface area contributed by atoms with Crippen LogP contribution in [0.25, 0.3) is 5.65 Å². The molecule has 1 aliphatic rings. The molecule has 3 aromatic rings. The van der Waals surface area contributed by atoms with Gasteiger partial charge in [0, 0.05) is 17.5 Å². The Bertz CT molecular complexity index is 1050. The molecule has 1 aliphatic carbocycles. The average Bonchev–Trinajstić information content (AvgIpc) is 2.95. The smallest absolute Gasteiger partial charge is 0.373 e. The summed E-state index contributed by atoms with van der Waals surface area (Å²) < 4.78 is 6.59. The summed E-state index contributed by atoms with van der Waals surface area (Å²) in [4.78, 5) is 28.3. The molecular weight excluding hydrogens is 342 g/mol. The van der Waals surface area contributed by atoms with E-state index in [0.29, 0.717) is 11.5 Å². The van der Waals surface area contributed by atoms with Gasteiger partial charge in [-0.15, -0.1) is 0 Å². The van der Waals surface area contributed by atoms with E-state index in [1.165, 1.54) is 5.56 Å². The molecule has 0 aliphatic heterocycles. The number of carbonyl (C=O) groups excluding carboxylic acids is 2. The van der Waals surface area contributed by atoms with Crippen molar-refractivity contribution in [3.05, 3.63) is 70.2 Å². The second-order valence-electron chi connectivity index (χ2n) is 7.04. The van der Waals surface area contributed by atoms with Crippen LogP contribution in [0.1, 0.15) is 50.8 Å². The Kier molecular flexibility index (Phi) is 4.18. The predicted molar refractivity (Wildman–Crippen MR) is 101 cm³/mol. The Balaban J connectivity index is 1.87. The van der Waals surface area contributed by atoms with Crippen molar-refractivity contribution >= 4 is 17.7 Å². The molecule has 1 atom stereocenters. The van der Waals surface area contributed by atoms with E-state index in [1.807, 2.05) is 36.4 Å². The van der Waals surface area contributed by atoms with Crippen LogP contribution < -0.4 is 5.73 Å². The summed E-state index contributed by atoms with van der Waals surface area (Å²) in [6.07, 6.45) is 3.06. The molecule has 6 heteroatoms. The highest BCUT2D eigenvalue weighted by Crippen LogP contribution is 2.36. The van der Waals surface area contributed by atoms with Crippen LogP contribution in [0.15, 0.2) is 36.5 Å². The predicted octanol–water partition coefficient (Wildman–Crippen LogP) is 3.46. The molecule has 2 heterocycles. The van der Waals surface area contributed by atoms with Crippen molar-refractivity contribution in [2.75, 3.05) is 0 Å². The van der Waals surface area contributed by atoms with E-state index in [4.69, 9.17) is 10.7 Å². The molecule has 1 unspecified atom stereocenters. The van der Waals surface area contributed by atoms with Crippen molar-refractivity contribution in [1.82, 2.24) is 9.38 Å². The highest BCUT2D eigenvalue weighted by molar-refractivity contribution is 5.98. The lowest BCUT2D eigenvalue weighted by atomic mass is 9.79. The Morgan fingerprint density at radius 2 is 1.93 bits per heavy atom. The number of nitrogens with two attached hydrogens (primary N) is 1. The number of rotatable bonds is 2. The van der Waals surface area contributed by atoms with Gasteiger partial charge < -0.3 is 14.9 Å². The lowest BCUT2D eigenvalue weighted by molar-refractivity contribution is 0.0636. The van der Waals surface area contributed by atoms with Crippen LogP contribution in [0.3, 0.4) is 0 Å². The van der Waals surface area contributed by atoms with Gasteiger partial charge in [-0.1, -0.05) is 30.3 Å². The SMILES string of the molecule is Cc1nc2c3c(c(C(=O)OC(N)=O)cn2c1C)CCC(c1ccccc1)C3. The zero-order chi connectivity index (χ0) is 19.1. The number of ether oxygens (including phenoxy) is 1. The summed E-state index contributed by atoms with van der Waals surface area (Å²) in [6, 6.07) is 10.4. The van der Waals surface area contributed by atoms with Crippen molar-refractivity contribution in [1.29, 1.82) is 0 Å². The lowest BCUT2D eigenvalue weighted by Crippen LogP contribution is -2.23. The average molecular weight is 363 g/mol. The fourth-order valence-electron chi connectivity index (χ4n) is 4.00. The largest absolute Gasteiger partial charge is 0.412 e. The molecule has 0 saturated heterocycles. The first kappa shape index (κ1) is 17.3. The van der Waals surface area contributed by atoms with Gasteiger partial charge in [-0.05, 0) is 50.2 Å². The van der Waals surface area contributed by atoms with E-state index >= 15 is 0 Å². The lowest BCUT2D eigenvalue weighted by Gasteiger charge is -2.27. The van der Waals surface area contributed by atoms with Gasteiger partial charge in [-0.3, -0.25) is 0 Å². The zero-order valence-corrected chi connectivity index (χ0v) is 15.4. The standard InChI is InChI=1S/C21H21N3O3/c1-12-13(2)24-11-18(20(25)27-21(22)26)16-9-8-15(10-17(16)19(24)23-12)14-6-4-3-5-7-14/h3-7,11,15H,8-10H2,1-2H3,(H2,22,26). The highest BCUT2D eigenvalue weighted by atomic mass is 16.6. The van der Waals surface area contributed by atoms with E-state index in [9.17, 15) is 9.59 Å². The quantitative estimate of drug-likeness (QED) is 0.558. The molecule has 2 aromatic heterocycles. The molecule has 0 radical (unpaired) electrons. The first-order valence-corrected chi connectivity index (χ1v) is 9.02. The van der Waals surface area contributed by atoms with E-state index in [2.05, 4.69) is 16.9 Å². The number of esters is 1. The summed E-state index contributed by atoms with van der Waals surface area (Å²) in [6.45, 7) is 3.91. The second-order valence-corrected chi connectivity index (χ2v) is 7.04. The fraction of sp³-hybridized carbons (Fsp3) is 0.286. The molecule has 0 saturated carbocycles. The van der Waals surface area contributed by atoms with Gasteiger partial charge in [0.1, 0.15) is 5.65 Å². The summed E-state index contributed by atoms with van der Waals surface area (Å²) in [5, 5.41) is 0. The van der Waals surface area contributed by atoms with Crippen LogP contribution in [-0.2, 0) is 17.6 Å². The number of fused-ring (bicyclic) bond motifs is 3. The van der Waals surface area contributed by atoms with Gasteiger partial charge in [0.15, 0.2) is 0 Å². The van der Waals surface area contributed by atoms with Gasteiger partial charge in [0.05, 0.1) is 11.3 Å². The molecule has 27 heavy (non-hydrogen) atoms. The third-order valence-corrected chi connectivity index (χ3v) is 5.48. The minimum absolute atomic E-state index is 0.363. The van der Waals surface area contributed by atoms with Crippen LogP contribution in [0.2, 0.25) is 0 Å². The minimum atomic E-state index is -1.09. The number of nitrogens with zero attached hydrogens (tertiary/aromatic N) is 2. The molecule has 0 fully saturated rings. The first-order chi connectivity index (χ1) is 13.0. The summed E-state index contributed by atoms with van der Waals surface area (Å²) >= 11 is 0. The Morgan fingerprint density at radius 1 is 1.19 bits per heavy atom. The normalized spacial score (nSPS) is 16.1. The van der Waals surface area contributed by atoms with Gasteiger partial charge in [0.25, 0.3) is 0 Å². The first-order valence-electron chi connectivity index (χ1n) is 9.02. The number of imidazole rings is 1. The van der Waals surface area contributed by atoms with Crippen LogP contribution in [0.5, 0.6) is 0 Å². The number of pyridine rings is 1. The van der Waals surface area contributed by atoms with E-state index < -0.39 is 12.1 Å². The molecule has 0 spiro atoms. The summed E-state index contributed by atoms with van der Waals surface area (Å²) in [7, 11) is 0. The van der Waals surface area contributed by atoms with Gasteiger partial charge >= 0.3 is 12.1 Å². The third kappa shape index (κ3) is 2.97. The van der Waals surface area contributed by atoms with Crippen molar-refractivity contribution < 1.29 is 14.3 Å². The number of aryl methyl sites for hydroxylation is 2. The number of aromatic nitrogens is 2. The van der Waals surface area contributed by atoms with Crippen LogP contribution in [0, 0.1) is 13.8 Å². The zero-order valence-electron chi connectivity index (χ0n) is 15.4. The van der Waals surface area contributed by atoms with Gasteiger partial charge in [-0.2, -0.15) is 0 Å². The topological polar surface area (TPSA) is 86.7 Å². The van der Waals surface area contributed by atoms with E-state index in [0.717, 1.165) is 47.4 Å². The van der Waals surface area contributed by atoms with E-state index in [1.54, 1.807) is 6.20 Å². The van der Waals surface area contributed by atoms with Crippen molar-refractivity contribution in [2.45, 2.75) is 39.0 Å². The molecule has 4 rings (SSSR count).